The number of likely N-dealkylation sites (N-methyl/N-ethyl adjacent to an activating group) is 1. The summed E-state index contributed by atoms with van der Waals surface area (Å²) < 4.78 is 5.94. The number of urea groups is 1. The van der Waals surface area contributed by atoms with E-state index in [1.54, 1.807) is 6.07 Å². The minimum atomic E-state index is -0.692. The number of anilines is 1. The highest BCUT2D eigenvalue weighted by atomic mass is 32.1. The monoisotopic (exact) mass is 459 g/mol. The Balaban J connectivity index is 1.75. The molecule has 9 heteroatoms. The SMILES string of the molecule is CCN(CC)CCOc1cccc(-c2cc(C(=O)NC3CCNCC3)c(NC(N)=O)s2)c1. The van der Waals surface area contributed by atoms with Gasteiger partial charge in [-0.3, -0.25) is 10.1 Å². The van der Waals surface area contributed by atoms with Gasteiger partial charge >= 0.3 is 6.03 Å². The Bertz CT molecular complexity index is 907. The topological polar surface area (TPSA) is 109 Å². The molecule has 32 heavy (non-hydrogen) atoms. The third-order valence-electron chi connectivity index (χ3n) is 5.58. The smallest absolute Gasteiger partial charge is 0.317 e. The second-order valence-electron chi connectivity index (χ2n) is 7.74. The van der Waals surface area contributed by atoms with Gasteiger partial charge in [-0.2, -0.15) is 0 Å². The van der Waals surface area contributed by atoms with Crippen LogP contribution in [0.3, 0.4) is 0 Å². The number of hydrogen-bond donors (Lipinski definition) is 4. The third kappa shape index (κ3) is 6.69. The second kappa shape index (κ2) is 11.8. The molecule has 1 aromatic heterocycles. The van der Waals surface area contributed by atoms with Crippen molar-refractivity contribution < 1.29 is 14.3 Å². The van der Waals surface area contributed by atoms with Crippen LogP contribution in [0, 0.1) is 0 Å². The molecule has 0 bridgehead atoms. The fourth-order valence-electron chi connectivity index (χ4n) is 3.71. The first-order chi connectivity index (χ1) is 15.5. The first-order valence-corrected chi connectivity index (χ1v) is 12.0. The molecule has 3 amide bonds. The van der Waals surface area contributed by atoms with Crippen molar-refractivity contribution in [2.75, 3.05) is 44.6 Å². The van der Waals surface area contributed by atoms with Crippen LogP contribution in [-0.4, -0.2) is 62.2 Å². The minimum Gasteiger partial charge on any atom is -0.492 e. The van der Waals surface area contributed by atoms with Gasteiger partial charge in [-0.1, -0.05) is 26.0 Å². The number of nitrogens with one attached hydrogen (secondary N) is 3. The summed E-state index contributed by atoms with van der Waals surface area (Å²) in [5, 5.41) is 9.42. The molecule has 174 valence electrons. The van der Waals surface area contributed by atoms with Crippen molar-refractivity contribution in [3.63, 3.8) is 0 Å². The van der Waals surface area contributed by atoms with E-state index in [-0.39, 0.29) is 11.9 Å². The Morgan fingerprint density at radius 3 is 2.66 bits per heavy atom. The highest BCUT2D eigenvalue weighted by molar-refractivity contribution is 7.20. The molecule has 2 heterocycles. The van der Waals surface area contributed by atoms with Crippen molar-refractivity contribution in [2.24, 2.45) is 5.73 Å². The first-order valence-electron chi connectivity index (χ1n) is 11.2. The van der Waals surface area contributed by atoms with E-state index < -0.39 is 6.03 Å². The number of piperidine rings is 1. The standard InChI is InChI=1S/C23H33N5O3S/c1-3-28(4-2)12-13-31-18-7-5-6-16(14-18)20-15-19(22(32-20)27-23(24)30)21(29)26-17-8-10-25-11-9-17/h5-7,14-15,17,25H,3-4,8-13H2,1-2H3,(H,26,29)(H3,24,27,30). The van der Waals surface area contributed by atoms with E-state index in [0.717, 1.165) is 61.8 Å². The number of benzene rings is 1. The molecule has 5 N–H and O–H groups in total. The van der Waals surface area contributed by atoms with E-state index in [2.05, 4.69) is 34.7 Å². The predicted octanol–water partition coefficient (Wildman–Crippen LogP) is 3.11. The van der Waals surface area contributed by atoms with E-state index in [1.165, 1.54) is 11.3 Å². The predicted molar refractivity (Wildman–Crippen MR) is 130 cm³/mol. The van der Waals surface area contributed by atoms with Gasteiger partial charge in [0, 0.05) is 17.5 Å². The number of ether oxygens (including phenoxy) is 1. The lowest BCUT2D eigenvalue weighted by atomic mass is 10.1. The van der Waals surface area contributed by atoms with Crippen molar-refractivity contribution >= 4 is 28.3 Å². The molecule has 1 saturated heterocycles. The van der Waals surface area contributed by atoms with Crippen LogP contribution >= 0.6 is 11.3 Å². The van der Waals surface area contributed by atoms with Gasteiger partial charge in [-0.05, 0) is 62.8 Å². The Morgan fingerprint density at radius 2 is 1.97 bits per heavy atom. The van der Waals surface area contributed by atoms with Gasteiger partial charge in [0.1, 0.15) is 17.4 Å². The Morgan fingerprint density at radius 1 is 1.22 bits per heavy atom. The summed E-state index contributed by atoms with van der Waals surface area (Å²) in [7, 11) is 0. The largest absolute Gasteiger partial charge is 0.492 e. The summed E-state index contributed by atoms with van der Waals surface area (Å²) in [6.07, 6.45) is 1.77. The lowest BCUT2D eigenvalue weighted by Gasteiger charge is -2.23. The number of hydrogen-bond acceptors (Lipinski definition) is 6. The maximum absolute atomic E-state index is 12.9. The molecule has 1 fully saturated rings. The van der Waals surface area contributed by atoms with Gasteiger partial charge < -0.3 is 26.0 Å². The number of rotatable bonds is 10. The second-order valence-corrected chi connectivity index (χ2v) is 8.80. The lowest BCUT2D eigenvalue weighted by molar-refractivity contribution is 0.0931. The van der Waals surface area contributed by atoms with Gasteiger partial charge in [0.25, 0.3) is 5.91 Å². The normalized spacial score (nSPS) is 14.3. The van der Waals surface area contributed by atoms with Gasteiger partial charge in [0.05, 0.1) is 5.56 Å². The Hall–Kier alpha value is -2.62. The molecule has 1 aliphatic rings. The zero-order chi connectivity index (χ0) is 22.9. The van der Waals surface area contributed by atoms with Crippen LogP contribution in [0.1, 0.15) is 37.0 Å². The van der Waals surface area contributed by atoms with E-state index in [4.69, 9.17) is 10.5 Å². The van der Waals surface area contributed by atoms with Crippen LogP contribution in [0.2, 0.25) is 0 Å². The van der Waals surface area contributed by atoms with Gasteiger partial charge in [0.15, 0.2) is 0 Å². The molecule has 3 rings (SSSR count). The fraction of sp³-hybridized carbons (Fsp3) is 0.478. The van der Waals surface area contributed by atoms with Crippen LogP contribution in [0.4, 0.5) is 9.80 Å². The van der Waals surface area contributed by atoms with Crippen molar-refractivity contribution in [3.05, 3.63) is 35.9 Å². The zero-order valence-electron chi connectivity index (χ0n) is 18.8. The molecular weight excluding hydrogens is 426 g/mol. The number of nitrogens with two attached hydrogens (primary N) is 1. The minimum absolute atomic E-state index is 0.121. The maximum atomic E-state index is 12.9. The maximum Gasteiger partial charge on any atom is 0.317 e. The Labute approximate surface area is 193 Å². The van der Waals surface area contributed by atoms with Crippen LogP contribution in [0.25, 0.3) is 10.4 Å². The molecule has 0 radical (unpaired) electrons. The quantitative estimate of drug-likeness (QED) is 0.437. The average molecular weight is 460 g/mol. The molecule has 0 atom stereocenters. The molecule has 0 unspecified atom stereocenters. The fourth-order valence-corrected chi connectivity index (χ4v) is 4.76. The summed E-state index contributed by atoms with van der Waals surface area (Å²) in [4.78, 5) is 27.6. The summed E-state index contributed by atoms with van der Waals surface area (Å²) in [5.74, 6) is 0.572. The van der Waals surface area contributed by atoms with E-state index in [1.807, 2.05) is 24.3 Å². The molecule has 1 aliphatic heterocycles. The number of carbonyl (C=O) groups is 2. The number of nitrogens with zero attached hydrogens (tertiary/aromatic N) is 1. The third-order valence-corrected chi connectivity index (χ3v) is 6.68. The van der Waals surface area contributed by atoms with E-state index >= 15 is 0 Å². The summed E-state index contributed by atoms with van der Waals surface area (Å²) >= 11 is 1.33. The summed E-state index contributed by atoms with van der Waals surface area (Å²) in [6.45, 7) is 9.49. The highest BCUT2D eigenvalue weighted by Crippen LogP contribution is 2.36. The van der Waals surface area contributed by atoms with E-state index in [0.29, 0.717) is 17.2 Å². The van der Waals surface area contributed by atoms with E-state index in [9.17, 15) is 9.59 Å². The van der Waals surface area contributed by atoms with Gasteiger partial charge in [-0.25, -0.2) is 4.79 Å². The molecule has 0 aliphatic carbocycles. The first kappa shape index (κ1) is 24.0. The summed E-state index contributed by atoms with van der Waals surface area (Å²) in [6, 6.07) is 9.01. The number of primary amides is 1. The molecule has 2 aromatic rings. The van der Waals surface area contributed by atoms with Crippen LogP contribution in [-0.2, 0) is 0 Å². The lowest BCUT2D eigenvalue weighted by Crippen LogP contribution is -2.42. The Kier molecular flexibility index (Phi) is 8.90. The van der Waals surface area contributed by atoms with Crippen LogP contribution in [0.5, 0.6) is 5.75 Å². The number of carbonyl (C=O) groups excluding carboxylic acids is 2. The molecule has 1 aromatic carbocycles. The molecular formula is C23H33N5O3S. The molecule has 0 spiro atoms. The number of amides is 3. The highest BCUT2D eigenvalue weighted by Gasteiger charge is 2.22. The summed E-state index contributed by atoms with van der Waals surface area (Å²) in [5.41, 5.74) is 6.69. The van der Waals surface area contributed by atoms with Gasteiger partial charge in [0.2, 0.25) is 0 Å². The van der Waals surface area contributed by atoms with Crippen LogP contribution < -0.4 is 26.4 Å². The average Bonchev–Trinajstić information content (AvgIpc) is 3.21. The van der Waals surface area contributed by atoms with Crippen LogP contribution in [0.15, 0.2) is 30.3 Å². The number of thiophene rings is 1. The van der Waals surface area contributed by atoms with Crippen molar-refractivity contribution in [2.45, 2.75) is 32.7 Å². The van der Waals surface area contributed by atoms with Crippen molar-refractivity contribution in [1.29, 1.82) is 0 Å². The van der Waals surface area contributed by atoms with Crippen molar-refractivity contribution in [1.82, 2.24) is 15.5 Å². The molecule has 8 nitrogen and oxygen atoms in total. The molecule has 0 saturated carbocycles. The van der Waals surface area contributed by atoms with Gasteiger partial charge in [-0.15, -0.1) is 11.3 Å². The van der Waals surface area contributed by atoms with Crippen molar-refractivity contribution in [3.8, 4) is 16.2 Å². The zero-order valence-corrected chi connectivity index (χ0v) is 19.6.